The van der Waals surface area contributed by atoms with E-state index < -0.39 is 0 Å². The summed E-state index contributed by atoms with van der Waals surface area (Å²) in [5.74, 6) is 0.447. The molecular formula is C12H24N2O2. The van der Waals surface area contributed by atoms with E-state index in [1.165, 1.54) is 0 Å². The van der Waals surface area contributed by atoms with Crippen LogP contribution in [0.15, 0.2) is 0 Å². The lowest BCUT2D eigenvalue weighted by Gasteiger charge is -2.26. The molecule has 3 N–H and O–H groups in total. The highest BCUT2D eigenvalue weighted by Crippen LogP contribution is 2.26. The third-order valence-electron chi connectivity index (χ3n) is 3.15. The lowest BCUT2D eigenvalue weighted by atomic mass is 9.98. The van der Waals surface area contributed by atoms with Gasteiger partial charge in [-0.05, 0) is 32.6 Å². The molecule has 1 aliphatic rings. The maximum Gasteiger partial charge on any atom is 0.220 e. The van der Waals surface area contributed by atoms with Gasteiger partial charge in [-0.15, -0.1) is 0 Å². The van der Waals surface area contributed by atoms with Gasteiger partial charge in [-0.25, -0.2) is 0 Å². The number of nitrogens with two attached hydrogens (primary N) is 1. The fourth-order valence-electron chi connectivity index (χ4n) is 2.38. The maximum atomic E-state index is 11.8. The van der Waals surface area contributed by atoms with E-state index in [0.29, 0.717) is 18.9 Å². The van der Waals surface area contributed by atoms with Crippen molar-refractivity contribution in [2.75, 3.05) is 13.7 Å². The Morgan fingerprint density at radius 1 is 1.50 bits per heavy atom. The minimum atomic E-state index is -0.297. The quantitative estimate of drug-likeness (QED) is 0.739. The Bertz CT molecular complexity index is 241. The van der Waals surface area contributed by atoms with Crippen LogP contribution in [0.3, 0.4) is 0 Å². The summed E-state index contributed by atoms with van der Waals surface area (Å²) < 4.78 is 5.06. The fraction of sp³-hybridized carbons (Fsp3) is 0.917. The molecule has 1 fully saturated rings. The highest BCUT2D eigenvalue weighted by Gasteiger charge is 2.28. The van der Waals surface area contributed by atoms with Crippen molar-refractivity contribution in [2.24, 2.45) is 11.7 Å². The van der Waals surface area contributed by atoms with Crippen LogP contribution in [0.2, 0.25) is 0 Å². The first-order valence-electron chi connectivity index (χ1n) is 6.00. The minimum absolute atomic E-state index is 0.0874. The van der Waals surface area contributed by atoms with E-state index in [2.05, 4.69) is 5.32 Å². The molecule has 0 aliphatic heterocycles. The largest absolute Gasteiger partial charge is 0.382 e. The summed E-state index contributed by atoms with van der Waals surface area (Å²) in [6.45, 7) is 4.45. The third kappa shape index (κ3) is 4.10. The summed E-state index contributed by atoms with van der Waals surface area (Å²) in [6, 6.07) is 0.205. The van der Waals surface area contributed by atoms with Crippen molar-refractivity contribution >= 4 is 5.91 Å². The standard InChI is InChI=1S/C12H24N2O2/c1-12(2,8-16-3)14-11(15)7-9-5-4-6-10(9)13/h9-10H,4-8,13H2,1-3H3,(H,14,15)/t9-,10+/m0/s1. The van der Waals surface area contributed by atoms with Crippen molar-refractivity contribution in [1.82, 2.24) is 5.32 Å². The Kier molecular flexibility index (Phi) is 4.74. The number of rotatable bonds is 5. The number of methoxy groups -OCH3 is 1. The summed E-state index contributed by atoms with van der Waals surface area (Å²) in [5, 5.41) is 2.99. The van der Waals surface area contributed by atoms with Gasteiger partial charge in [0, 0.05) is 19.6 Å². The van der Waals surface area contributed by atoms with Gasteiger partial charge in [0.1, 0.15) is 0 Å². The number of carbonyl (C=O) groups excluding carboxylic acids is 1. The summed E-state index contributed by atoms with van der Waals surface area (Å²) in [6.07, 6.45) is 3.84. The average Bonchev–Trinajstić information content (AvgIpc) is 2.50. The molecule has 4 nitrogen and oxygen atoms in total. The smallest absolute Gasteiger partial charge is 0.220 e. The molecule has 1 saturated carbocycles. The van der Waals surface area contributed by atoms with Crippen LogP contribution in [-0.2, 0) is 9.53 Å². The van der Waals surface area contributed by atoms with Crippen LogP contribution < -0.4 is 11.1 Å². The van der Waals surface area contributed by atoms with Crippen molar-refractivity contribution in [3.63, 3.8) is 0 Å². The lowest BCUT2D eigenvalue weighted by molar-refractivity contribution is -0.124. The van der Waals surface area contributed by atoms with Crippen LogP contribution in [0.1, 0.15) is 39.5 Å². The summed E-state index contributed by atoms with van der Waals surface area (Å²) in [7, 11) is 1.64. The van der Waals surface area contributed by atoms with Crippen molar-refractivity contribution in [3.8, 4) is 0 Å². The maximum absolute atomic E-state index is 11.8. The highest BCUT2D eigenvalue weighted by molar-refractivity contribution is 5.77. The van der Waals surface area contributed by atoms with Gasteiger partial charge in [-0.1, -0.05) is 6.42 Å². The second-order valence-corrected chi connectivity index (χ2v) is 5.42. The van der Waals surface area contributed by atoms with Gasteiger partial charge in [0.15, 0.2) is 0 Å². The minimum Gasteiger partial charge on any atom is -0.382 e. The monoisotopic (exact) mass is 228 g/mol. The van der Waals surface area contributed by atoms with Gasteiger partial charge in [0.25, 0.3) is 0 Å². The van der Waals surface area contributed by atoms with Crippen LogP contribution in [0, 0.1) is 5.92 Å². The Balaban J connectivity index is 2.35. The molecule has 0 aromatic rings. The molecule has 2 atom stereocenters. The molecule has 0 saturated heterocycles. The van der Waals surface area contributed by atoms with Gasteiger partial charge in [0.2, 0.25) is 5.91 Å². The molecule has 16 heavy (non-hydrogen) atoms. The average molecular weight is 228 g/mol. The highest BCUT2D eigenvalue weighted by atomic mass is 16.5. The fourth-order valence-corrected chi connectivity index (χ4v) is 2.38. The van der Waals surface area contributed by atoms with Crippen LogP contribution in [0.5, 0.6) is 0 Å². The van der Waals surface area contributed by atoms with E-state index in [0.717, 1.165) is 19.3 Å². The summed E-state index contributed by atoms with van der Waals surface area (Å²) in [5.41, 5.74) is 5.65. The molecule has 0 bridgehead atoms. The first-order valence-corrected chi connectivity index (χ1v) is 6.00. The van der Waals surface area contributed by atoms with E-state index in [1.54, 1.807) is 7.11 Å². The molecule has 1 aliphatic carbocycles. The SMILES string of the molecule is COCC(C)(C)NC(=O)C[C@@H]1CCC[C@H]1N. The Morgan fingerprint density at radius 3 is 2.69 bits per heavy atom. The Hall–Kier alpha value is -0.610. The summed E-state index contributed by atoms with van der Waals surface area (Å²) >= 11 is 0. The molecule has 1 amide bonds. The van der Waals surface area contributed by atoms with Gasteiger partial charge < -0.3 is 15.8 Å². The third-order valence-corrected chi connectivity index (χ3v) is 3.15. The van der Waals surface area contributed by atoms with Crippen molar-refractivity contribution in [2.45, 2.75) is 51.1 Å². The van der Waals surface area contributed by atoms with Crippen LogP contribution in [-0.4, -0.2) is 31.2 Å². The second kappa shape index (κ2) is 5.64. The van der Waals surface area contributed by atoms with E-state index in [1.807, 2.05) is 13.8 Å². The van der Waals surface area contributed by atoms with Crippen LogP contribution >= 0.6 is 0 Å². The predicted octanol–water partition coefficient (Wildman–Crippen LogP) is 1.05. The van der Waals surface area contributed by atoms with Gasteiger partial charge in [-0.3, -0.25) is 4.79 Å². The Morgan fingerprint density at radius 2 is 2.19 bits per heavy atom. The number of amides is 1. The van der Waals surface area contributed by atoms with Crippen molar-refractivity contribution < 1.29 is 9.53 Å². The molecule has 0 aromatic heterocycles. The molecule has 0 spiro atoms. The van der Waals surface area contributed by atoms with Crippen LogP contribution in [0.4, 0.5) is 0 Å². The van der Waals surface area contributed by atoms with Gasteiger partial charge in [-0.2, -0.15) is 0 Å². The molecule has 4 heteroatoms. The first-order chi connectivity index (χ1) is 7.44. The number of hydrogen-bond acceptors (Lipinski definition) is 3. The van der Waals surface area contributed by atoms with E-state index >= 15 is 0 Å². The van der Waals surface area contributed by atoms with Crippen molar-refractivity contribution in [3.05, 3.63) is 0 Å². The zero-order valence-electron chi connectivity index (χ0n) is 10.6. The number of nitrogens with one attached hydrogen (secondary N) is 1. The van der Waals surface area contributed by atoms with Gasteiger partial charge >= 0.3 is 0 Å². The molecular weight excluding hydrogens is 204 g/mol. The molecule has 0 radical (unpaired) electrons. The second-order valence-electron chi connectivity index (χ2n) is 5.42. The normalized spacial score (nSPS) is 25.8. The van der Waals surface area contributed by atoms with Crippen LogP contribution in [0.25, 0.3) is 0 Å². The first kappa shape index (κ1) is 13.5. The number of ether oxygens (including phenoxy) is 1. The van der Waals surface area contributed by atoms with Crippen molar-refractivity contribution in [1.29, 1.82) is 0 Å². The lowest BCUT2D eigenvalue weighted by Crippen LogP contribution is -2.47. The van der Waals surface area contributed by atoms with Gasteiger partial charge in [0.05, 0.1) is 12.1 Å². The zero-order chi connectivity index (χ0) is 12.2. The molecule has 0 unspecified atom stereocenters. The molecule has 0 heterocycles. The molecule has 1 rings (SSSR count). The van der Waals surface area contributed by atoms with E-state index in [-0.39, 0.29) is 17.5 Å². The number of carbonyl (C=O) groups is 1. The summed E-state index contributed by atoms with van der Waals surface area (Å²) in [4.78, 5) is 11.8. The Labute approximate surface area is 97.9 Å². The van der Waals surface area contributed by atoms with E-state index in [4.69, 9.17) is 10.5 Å². The topological polar surface area (TPSA) is 64.3 Å². The number of hydrogen-bond donors (Lipinski definition) is 2. The molecule has 94 valence electrons. The zero-order valence-corrected chi connectivity index (χ0v) is 10.6. The molecule has 0 aromatic carbocycles. The van der Waals surface area contributed by atoms with E-state index in [9.17, 15) is 4.79 Å². The predicted molar refractivity (Wildman–Crippen MR) is 64.0 cm³/mol.